The van der Waals surface area contributed by atoms with Crippen molar-refractivity contribution < 1.29 is 9.84 Å². The summed E-state index contributed by atoms with van der Waals surface area (Å²) >= 11 is 3.49. The molecule has 4 nitrogen and oxygen atoms in total. The number of phenolic OH excluding ortho intramolecular Hbond substituents is 1. The van der Waals surface area contributed by atoms with Crippen molar-refractivity contribution in [3.05, 3.63) is 21.7 Å². The third-order valence-corrected chi connectivity index (χ3v) is 3.91. The maximum absolute atomic E-state index is 10.2. The lowest BCUT2D eigenvalue weighted by Gasteiger charge is -2.28. The maximum atomic E-state index is 10.2. The zero-order chi connectivity index (χ0) is 13.1. The van der Waals surface area contributed by atoms with Crippen LogP contribution in [0.3, 0.4) is 0 Å². The van der Waals surface area contributed by atoms with Gasteiger partial charge in [-0.1, -0.05) is 0 Å². The fraction of sp³-hybridized carbons (Fsp3) is 0.538. The Labute approximate surface area is 116 Å². The fourth-order valence-electron chi connectivity index (χ4n) is 2.30. The van der Waals surface area contributed by atoms with Gasteiger partial charge < -0.3 is 15.2 Å². The van der Waals surface area contributed by atoms with Crippen LogP contribution >= 0.6 is 15.9 Å². The van der Waals surface area contributed by atoms with Crippen LogP contribution in [-0.4, -0.2) is 43.3 Å². The predicted octanol–water partition coefficient (Wildman–Crippen LogP) is 1.88. The number of hydrogen-bond acceptors (Lipinski definition) is 4. The molecule has 0 radical (unpaired) electrons. The molecule has 5 heteroatoms. The van der Waals surface area contributed by atoms with Crippen LogP contribution in [0.2, 0.25) is 0 Å². The molecule has 0 amide bonds. The molecule has 0 unspecified atom stereocenters. The topological polar surface area (TPSA) is 44.7 Å². The minimum absolute atomic E-state index is 0.341. The first-order valence-corrected chi connectivity index (χ1v) is 6.90. The summed E-state index contributed by atoms with van der Waals surface area (Å²) < 4.78 is 6.17. The van der Waals surface area contributed by atoms with Crippen molar-refractivity contribution in [3.63, 3.8) is 0 Å². The first kappa shape index (κ1) is 13.6. The number of aromatic hydroxyl groups is 1. The van der Waals surface area contributed by atoms with Crippen molar-refractivity contribution in [2.75, 3.05) is 33.3 Å². The van der Waals surface area contributed by atoms with Gasteiger partial charge in [0.1, 0.15) is 11.5 Å². The van der Waals surface area contributed by atoms with Gasteiger partial charge in [0.05, 0.1) is 11.6 Å². The van der Waals surface area contributed by atoms with E-state index in [9.17, 15) is 5.11 Å². The summed E-state index contributed by atoms with van der Waals surface area (Å²) in [7, 11) is 1.61. The Morgan fingerprint density at radius 1 is 1.44 bits per heavy atom. The smallest absolute Gasteiger partial charge is 0.139 e. The molecular weight excluding hydrogens is 296 g/mol. The van der Waals surface area contributed by atoms with Gasteiger partial charge in [0.2, 0.25) is 0 Å². The van der Waals surface area contributed by atoms with Crippen molar-refractivity contribution in [1.29, 1.82) is 0 Å². The molecule has 1 heterocycles. The van der Waals surface area contributed by atoms with Gasteiger partial charge in [-0.25, -0.2) is 0 Å². The highest BCUT2D eigenvalue weighted by molar-refractivity contribution is 9.10. The SMILES string of the molecule is COc1c(Br)cc(CN2CCNCC2)c(O)c1C. The number of nitrogens with zero attached hydrogens (tertiary/aromatic N) is 1. The van der Waals surface area contributed by atoms with Gasteiger partial charge >= 0.3 is 0 Å². The molecule has 0 aromatic heterocycles. The molecular formula is C13H19BrN2O2. The molecule has 2 rings (SSSR count). The quantitative estimate of drug-likeness (QED) is 0.894. The van der Waals surface area contributed by atoms with E-state index in [1.165, 1.54) is 0 Å². The molecule has 2 N–H and O–H groups in total. The van der Waals surface area contributed by atoms with E-state index in [0.29, 0.717) is 11.5 Å². The van der Waals surface area contributed by atoms with Crippen LogP contribution in [0.25, 0.3) is 0 Å². The average Bonchev–Trinajstić information content (AvgIpc) is 2.37. The van der Waals surface area contributed by atoms with E-state index >= 15 is 0 Å². The van der Waals surface area contributed by atoms with Gasteiger partial charge in [-0.3, -0.25) is 4.90 Å². The molecule has 0 atom stereocenters. The van der Waals surface area contributed by atoms with Gasteiger partial charge in [0.25, 0.3) is 0 Å². The monoisotopic (exact) mass is 314 g/mol. The Morgan fingerprint density at radius 2 is 2.11 bits per heavy atom. The second-order valence-electron chi connectivity index (χ2n) is 4.55. The first-order chi connectivity index (χ1) is 8.63. The molecule has 1 aromatic rings. The van der Waals surface area contributed by atoms with E-state index in [-0.39, 0.29) is 0 Å². The van der Waals surface area contributed by atoms with E-state index in [2.05, 4.69) is 26.1 Å². The van der Waals surface area contributed by atoms with Crippen LogP contribution in [0.1, 0.15) is 11.1 Å². The van der Waals surface area contributed by atoms with Crippen molar-refractivity contribution in [3.8, 4) is 11.5 Å². The van der Waals surface area contributed by atoms with Crippen LogP contribution in [-0.2, 0) is 6.54 Å². The Kier molecular flexibility index (Phi) is 4.48. The second kappa shape index (κ2) is 5.91. The number of phenols is 1. The maximum Gasteiger partial charge on any atom is 0.139 e. The summed E-state index contributed by atoms with van der Waals surface area (Å²) in [4.78, 5) is 2.34. The van der Waals surface area contributed by atoms with Gasteiger partial charge in [0, 0.05) is 43.9 Å². The molecule has 0 saturated carbocycles. The largest absolute Gasteiger partial charge is 0.507 e. The van der Waals surface area contributed by atoms with Crippen molar-refractivity contribution in [2.24, 2.45) is 0 Å². The van der Waals surface area contributed by atoms with Gasteiger partial charge in [-0.2, -0.15) is 0 Å². The molecule has 1 fully saturated rings. The highest BCUT2D eigenvalue weighted by Gasteiger charge is 2.17. The van der Waals surface area contributed by atoms with E-state index in [0.717, 1.165) is 48.3 Å². The predicted molar refractivity (Wildman–Crippen MR) is 75.2 cm³/mol. The zero-order valence-corrected chi connectivity index (χ0v) is 12.4. The summed E-state index contributed by atoms with van der Waals surface area (Å²) in [5, 5.41) is 13.5. The average molecular weight is 315 g/mol. The van der Waals surface area contributed by atoms with Gasteiger partial charge in [-0.05, 0) is 28.9 Å². The van der Waals surface area contributed by atoms with Crippen LogP contribution in [0, 0.1) is 6.92 Å². The lowest BCUT2D eigenvalue weighted by molar-refractivity contribution is 0.230. The van der Waals surface area contributed by atoms with E-state index in [4.69, 9.17) is 4.74 Å². The lowest BCUT2D eigenvalue weighted by atomic mass is 10.1. The van der Waals surface area contributed by atoms with E-state index < -0.39 is 0 Å². The van der Waals surface area contributed by atoms with Crippen LogP contribution < -0.4 is 10.1 Å². The fourth-order valence-corrected chi connectivity index (χ4v) is 3.03. The van der Waals surface area contributed by atoms with E-state index in [1.54, 1.807) is 7.11 Å². The van der Waals surface area contributed by atoms with Crippen molar-refractivity contribution in [2.45, 2.75) is 13.5 Å². The molecule has 1 aliphatic rings. The molecule has 1 saturated heterocycles. The standard InChI is InChI=1S/C13H19BrN2O2/c1-9-12(17)10(7-11(14)13(9)18-2)8-16-5-3-15-4-6-16/h7,15,17H,3-6,8H2,1-2H3. The van der Waals surface area contributed by atoms with Crippen LogP contribution in [0.15, 0.2) is 10.5 Å². The third kappa shape index (κ3) is 2.79. The Morgan fingerprint density at radius 3 is 2.72 bits per heavy atom. The number of nitrogens with one attached hydrogen (secondary N) is 1. The second-order valence-corrected chi connectivity index (χ2v) is 5.40. The molecule has 100 valence electrons. The number of ether oxygens (including phenoxy) is 1. The van der Waals surface area contributed by atoms with Crippen molar-refractivity contribution >= 4 is 15.9 Å². The Hall–Kier alpha value is -0.780. The number of benzene rings is 1. The Balaban J connectivity index is 2.22. The highest BCUT2D eigenvalue weighted by atomic mass is 79.9. The molecule has 0 aliphatic carbocycles. The minimum Gasteiger partial charge on any atom is -0.507 e. The molecule has 0 bridgehead atoms. The molecule has 1 aromatic carbocycles. The van der Waals surface area contributed by atoms with Gasteiger partial charge in [-0.15, -0.1) is 0 Å². The van der Waals surface area contributed by atoms with E-state index in [1.807, 2.05) is 13.0 Å². The number of halogens is 1. The summed E-state index contributed by atoms with van der Waals surface area (Å²) in [5.41, 5.74) is 1.74. The zero-order valence-electron chi connectivity index (χ0n) is 10.8. The van der Waals surface area contributed by atoms with Gasteiger partial charge in [0.15, 0.2) is 0 Å². The number of piperazine rings is 1. The Bertz CT molecular complexity index is 431. The number of rotatable bonds is 3. The molecule has 1 aliphatic heterocycles. The molecule has 0 spiro atoms. The normalized spacial score (nSPS) is 16.8. The third-order valence-electron chi connectivity index (χ3n) is 3.33. The molecule has 18 heavy (non-hydrogen) atoms. The van der Waals surface area contributed by atoms with Crippen molar-refractivity contribution in [1.82, 2.24) is 10.2 Å². The first-order valence-electron chi connectivity index (χ1n) is 6.11. The summed E-state index contributed by atoms with van der Waals surface area (Å²) in [6, 6.07) is 1.95. The number of hydrogen-bond donors (Lipinski definition) is 2. The summed E-state index contributed by atoms with van der Waals surface area (Å²) in [6.45, 7) is 6.70. The summed E-state index contributed by atoms with van der Waals surface area (Å²) in [6.07, 6.45) is 0. The van der Waals surface area contributed by atoms with Crippen LogP contribution in [0.4, 0.5) is 0 Å². The lowest BCUT2D eigenvalue weighted by Crippen LogP contribution is -2.42. The van der Waals surface area contributed by atoms with Crippen LogP contribution in [0.5, 0.6) is 11.5 Å². The summed E-state index contributed by atoms with van der Waals surface area (Å²) in [5.74, 6) is 1.05. The highest BCUT2D eigenvalue weighted by Crippen LogP contribution is 2.37. The number of methoxy groups -OCH3 is 1. The minimum atomic E-state index is 0.341.